The van der Waals surface area contributed by atoms with E-state index >= 15 is 0 Å². The molecular formula is C13H22O4Si. The van der Waals surface area contributed by atoms with E-state index in [1.54, 1.807) is 6.08 Å². The van der Waals surface area contributed by atoms with Crippen LogP contribution < -0.4 is 0 Å². The molecule has 0 heterocycles. The molecule has 0 saturated heterocycles. The Hall–Kier alpha value is -0.943. The molecular weight excluding hydrogens is 248 g/mol. The molecule has 0 aromatic heterocycles. The fourth-order valence-corrected chi connectivity index (χ4v) is 2.70. The van der Waals surface area contributed by atoms with Crippen LogP contribution >= 0.6 is 0 Å². The predicted octanol–water partition coefficient (Wildman–Crippen LogP) is 2.45. The van der Waals surface area contributed by atoms with Gasteiger partial charge in [-0.3, -0.25) is 9.59 Å². The number of hydrogen-bond donors (Lipinski definition) is 0. The van der Waals surface area contributed by atoms with E-state index in [-0.39, 0.29) is 10.8 Å². The van der Waals surface area contributed by atoms with Gasteiger partial charge in [0.2, 0.25) is 0 Å². The highest BCUT2D eigenvalue weighted by Gasteiger charge is 2.44. The smallest absolute Gasteiger partial charge is 0.303 e. The summed E-state index contributed by atoms with van der Waals surface area (Å²) in [6.45, 7) is 11.8. The number of carbonyl (C=O) groups is 2. The van der Waals surface area contributed by atoms with Crippen molar-refractivity contribution in [3.8, 4) is 0 Å². The molecule has 0 aromatic rings. The van der Waals surface area contributed by atoms with Crippen LogP contribution in [0.5, 0.6) is 0 Å². The van der Waals surface area contributed by atoms with Crippen molar-refractivity contribution >= 4 is 20.1 Å². The fraction of sp³-hybridized carbons (Fsp3) is 0.692. The number of ether oxygens (including phenoxy) is 1. The quantitative estimate of drug-likeness (QED) is 0.584. The van der Waals surface area contributed by atoms with Crippen LogP contribution in [0.15, 0.2) is 12.2 Å². The van der Waals surface area contributed by atoms with E-state index in [0.29, 0.717) is 0 Å². The van der Waals surface area contributed by atoms with Crippen LogP contribution in [-0.4, -0.2) is 32.3 Å². The Morgan fingerprint density at radius 3 is 2.33 bits per heavy atom. The van der Waals surface area contributed by atoms with Crippen molar-refractivity contribution in [1.82, 2.24) is 0 Å². The molecule has 1 rings (SSSR count). The number of rotatable bonds is 3. The van der Waals surface area contributed by atoms with E-state index in [2.05, 4.69) is 33.9 Å². The molecule has 0 N–H and O–H groups in total. The summed E-state index contributed by atoms with van der Waals surface area (Å²) in [7, 11) is -2.06. The Labute approximate surface area is 109 Å². The van der Waals surface area contributed by atoms with E-state index in [9.17, 15) is 9.59 Å². The summed E-state index contributed by atoms with van der Waals surface area (Å²) in [5.74, 6) is -0.519. The highest BCUT2D eigenvalue weighted by atomic mass is 28.4. The monoisotopic (exact) mass is 270 g/mol. The summed E-state index contributed by atoms with van der Waals surface area (Å²) in [6.07, 6.45) is 1.78. The number of esters is 1. The highest BCUT2D eigenvalue weighted by molar-refractivity contribution is 6.74. The maximum Gasteiger partial charge on any atom is 0.303 e. The van der Waals surface area contributed by atoms with Crippen molar-refractivity contribution in [2.45, 2.75) is 58.0 Å². The predicted molar refractivity (Wildman–Crippen MR) is 71.8 cm³/mol. The maximum atomic E-state index is 11.8. The summed E-state index contributed by atoms with van der Waals surface area (Å²) in [4.78, 5) is 22.8. The second-order valence-electron chi connectivity index (χ2n) is 6.13. The van der Waals surface area contributed by atoms with Gasteiger partial charge in [0.15, 0.2) is 20.2 Å². The zero-order valence-electron chi connectivity index (χ0n) is 11.9. The molecule has 2 atom stereocenters. The van der Waals surface area contributed by atoms with Gasteiger partial charge >= 0.3 is 5.97 Å². The third-order valence-electron chi connectivity index (χ3n) is 3.56. The molecule has 0 saturated carbocycles. The Balaban J connectivity index is 2.82. The van der Waals surface area contributed by atoms with Crippen LogP contribution in [-0.2, 0) is 18.8 Å². The van der Waals surface area contributed by atoms with Gasteiger partial charge < -0.3 is 9.16 Å². The Morgan fingerprint density at radius 1 is 1.33 bits per heavy atom. The van der Waals surface area contributed by atoms with Gasteiger partial charge in [0.1, 0.15) is 6.10 Å². The Morgan fingerprint density at radius 2 is 1.89 bits per heavy atom. The van der Waals surface area contributed by atoms with Crippen molar-refractivity contribution in [3.05, 3.63) is 12.2 Å². The molecule has 0 fully saturated rings. The first kappa shape index (κ1) is 15.1. The second-order valence-corrected chi connectivity index (χ2v) is 10.9. The molecule has 0 amide bonds. The summed E-state index contributed by atoms with van der Waals surface area (Å²) in [5.41, 5.74) is 0. The van der Waals surface area contributed by atoms with Gasteiger partial charge in [0, 0.05) is 6.92 Å². The average Bonchev–Trinajstić information content (AvgIpc) is 2.46. The van der Waals surface area contributed by atoms with Crippen LogP contribution in [0.3, 0.4) is 0 Å². The molecule has 0 unspecified atom stereocenters. The van der Waals surface area contributed by atoms with Gasteiger partial charge in [-0.2, -0.15) is 0 Å². The standard InChI is InChI=1S/C13H22O4Si/c1-9(14)16-11-8-7-10(15)12(11)17-18(5,6)13(2,3)4/h7-8,11-12H,1-6H3/t11-,12-/m1/s1. The highest BCUT2D eigenvalue weighted by Crippen LogP contribution is 2.38. The van der Waals surface area contributed by atoms with Crippen LogP contribution in [0.2, 0.25) is 18.1 Å². The molecule has 18 heavy (non-hydrogen) atoms. The van der Waals surface area contributed by atoms with Gasteiger partial charge in [-0.25, -0.2) is 0 Å². The topological polar surface area (TPSA) is 52.6 Å². The van der Waals surface area contributed by atoms with Gasteiger partial charge in [-0.15, -0.1) is 0 Å². The molecule has 0 radical (unpaired) electrons. The molecule has 4 nitrogen and oxygen atoms in total. The maximum absolute atomic E-state index is 11.8. The SMILES string of the molecule is CC(=O)O[C@@H]1C=CC(=O)[C@H]1O[Si](C)(C)C(C)(C)C. The average molecular weight is 270 g/mol. The number of hydrogen-bond acceptors (Lipinski definition) is 4. The fourth-order valence-electron chi connectivity index (χ4n) is 1.46. The van der Waals surface area contributed by atoms with Crippen molar-refractivity contribution in [2.24, 2.45) is 0 Å². The molecule has 0 aliphatic heterocycles. The first-order chi connectivity index (χ1) is 8.04. The summed E-state index contributed by atoms with van der Waals surface area (Å²) >= 11 is 0. The van der Waals surface area contributed by atoms with Crippen LogP contribution in [0.1, 0.15) is 27.7 Å². The lowest BCUT2D eigenvalue weighted by atomic mass is 10.2. The van der Waals surface area contributed by atoms with E-state index in [4.69, 9.17) is 9.16 Å². The molecule has 102 valence electrons. The van der Waals surface area contributed by atoms with Crippen LogP contribution in [0.4, 0.5) is 0 Å². The van der Waals surface area contributed by atoms with E-state index in [1.807, 2.05) is 0 Å². The normalized spacial score (nSPS) is 24.4. The van der Waals surface area contributed by atoms with E-state index < -0.39 is 26.5 Å². The second kappa shape index (κ2) is 4.97. The van der Waals surface area contributed by atoms with Crippen molar-refractivity contribution in [2.75, 3.05) is 0 Å². The lowest BCUT2D eigenvalue weighted by Crippen LogP contribution is -2.48. The van der Waals surface area contributed by atoms with Crippen molar-refractivity contribution in [1.29, 1.82) is 0 Å². The molecule has 5 heteroatoms. The van der Waals surface area contributed by atoms with Crippen molar-refractivity contribution < 1.29 is 18.8 Å². The lowest BCUT2D eigenvalue weighted by Gasteiger charge is -2.38. The Kier molecular flexibility index (Phi) is 4.18. The van der Waals surface area contributed by atoms with E-state index in [0.717, 1.165) is 0 Å². The van der Waals surface area contributed by atoms with Crippen LogP contribution in [0.25, 0.3) is 0 Å². The first-order valence-corrected chi connectivity index (χ1v) is 9.02. The minimum absolute atomic E-state index is 0.0106. The van der Waals surface area contributed by atoms with Gasteiger partial charge in [0.25, 0.3) is 0 Å². The molecule has 0 aromatic carbocycles. The third kappa shape index (κ3) is 3.29. The Bertz CT molecular complexity index is 379. The van der Waals surface area contributed by atoms with E-state index in [1.165, 1.54) is 13.0 Å². The summed E-state index contributed by atoms with van der Waals surface area (Å²) in [6, 6.07) is 0. The molecule has 0 spiro atoms. The zero-order valence-corrected chi connectivity index (χ0v) is 12.9. The van der Waals surface area contributed by atoms with Gasteiger partial charge in [-0.05, 0) is 30.3 Å². The number of ketones is 1. The molecule has 1 aliphatic rings. The lowest BCUT2D eigenvalue weighted by molar-refractivity contribution is -0.149. The van der Waals surface area contributed by atoms with Crippen LogP contribution in [0, 0.1) is 0 Å². The van der Waals surface area contributed by atoms with Crippen molar-refractivity contribution in [3.63, 3.8) is 0 Å². The molecule has 1 aliphatic carbocycles. The van der Waals surface area contributed by atoms with Gasteiger partial charge in [0.05, 0.1) is 0 Å². The summed E-state index contributed by atoms with van der Waals surface area (Å²) in [5, 5.41) is 0.0106. The first-order valence-electron chi connectivity index (χ1n) is 6.12. The zero-order chi connectivity index (χ0) is 14.1. The summed E-state index contributed by atoms with van der Waals surface area (Å²) < 4.78 is 11.1. The largest absolute Gasteiger partial charge is 0.455 e. The third-order valence-corrected chi connectivity index (χ3v) is 8.01. The minimum atomic E-state index is -2.06. The molecule has 0 bridgehead atoms. The number of carbonyl (C=O) groups excluding carboxylic acids is 2. The minimum Gasteiger partial charge on any atom is -0.455 e. The van der Waals surface area contributed by atoms with Gasteiger partial charge in [-0.1, -0.05) is 20.8 Å².